The first-order valence-corrected chi connectivity index (χ1v) is 3.75. The summed E-state index contributed by atoms with van der Waals surface area (Å²) in [5.41, 5.74) is 1.28. The lowest BCUT2D eigenvalue weighted by atomic mass is 10.1. The van der Waals surface area contributed by atoms with Crippen molar-refractivity contribution in [2.45, 2.75) is 13.3 Å². The zero-order valence-corrected chi connectivity index (χ0v) is 6.78. The minimum atomic E-state index is -0.688. The molecule has 0 atom stereocenters. The summed E-state index contributed by atoms with van der Waals surface area (Å²) < 4.78 is 0. The largest absolute Gasteiger partial charge is 0.317 e. The van der Waals surface area contributed by atoms with E-state index in [-0.39, 0.29) is 0 Å². The predicted molar refractivity (Wildman–Crippen MR) is 45.9 cm³/mol. The van der Waals surface area contributed by atoms with Crippen LogP contribution in [0, 0.1) is 4.91 Å². The van der Waals surface area contributed by atoms with Crippen molar-refractivity contribution >= 4 is 5.91 Å². The van der Waals surface area contributed by atoms with Crippen molar-refractivity contribution in [3.05, 3.63) is 40.3 Å². The summed E-state index contributed by atoms with van der Waals surface area (Å²) in [7, 11) is 0. The predicted octanol–water partition coefficient (Wildman–Crippen LogP) is 2.16. The first-order valence-electron chi connectivity index (χ1n) is 3.75. The number of aryl methyl sites for hydroxylation is 1. The van der Waals surface area contributed by atoms with Crippen LogP contribution in [0.3, 0.4) is 0 Å². The van der Waals surface area contributed by atoms with Gasteiger partial charge in [-0.15, -0.1) is 4.91 Å². The van der Waals surface area contributed by atoms with Crippen molar-refractivity contribution in [1.82, 2.24) is 0 Å². The molecule has 0 bridgehead atoms. The van der Waals surface area contributed by atoms with E-state index >= 15 is 0 Å². The van der Waals surface area contributed by atoms with E-state index in [0.717, 1.165) is 12.0 Å². The third-order valence-corrected chi connectivity index (χ3v) is 1.71. The van der Waals surface area contributed by atoms with Crippen molar-refractivity contribution in [2.75, 3.05) is 0 Å². The van der Waals surface area contributed by atoms with E-state index in [0.29, 0.717) is 5.56 Å². The van der Waals surface area contributed by atoms with Crippen LogP contribution in [0.15, 0.2) is 29.4 Å². The second-order valence-corrected chi connectivity index (χ2v) is 2.41. The van der Waals surface area contributed by atoms with Crippen molar-refractivity contribution in [2.24, 2.45) is 5.18 Å². The molecule has 0 aliphatic carbocycles. The minimum Gasteiger partial charge on any atom is -0.263 e. The van der Waals surface area contributed by atoms with Crippen LogP contribution in [0.4, 0.5) is 0 Å². The quantitative estimate of drug-likeness (QED) is 0.627. The lowest BCUT2D eigenvalue weighted by Crippen LogP contribution is -1.98. The molecule has 1 aromatic carbocycles. The van der Waals surface area contributed by atoms with Gasteiger partial charge in [0.25, 0.3) is 0 Å². The molecule has 0 aliphatic heterocycles. The van der Waals surface area contributed by atoms with Crippen LogP contribution >= 0.6 is 0 Å². The number of hydrogen-bond acceptors (Lipinski definition) is 2. The van der Waals surface area contributed by atoms with Gasteiger partial charge in [0.2, 0.25) is 0 Å². The average molecular weight is 163 g/mol. The summed E-state index contributed by atoms with van der Waals surface area (Å²) in [6, 6.07) is 6.99. The molecule has 0 heterocycles. The van der Waals surface area contributed by atoms with Crippen LogP contribution in [-0.2, 0) is 6.42 Å². The molecule has 3 nitrogen and oxygen atoms in total. The molecular weight excluding hydrogens is 154 g/mol. The van der Waals surface area contributed by atoms with Gasteiger partial charge in [-0.25, -0.2) is 0 Å². The number of rotatable bonds is 2. The fourth-order valence-corrected chi connectivity index (χ4v) is 1.09. The maximum atomic E-state index is 10.9. The van der Waals surface area contributed by atoms with Crippen LogP contribution < -0.4 is 0 Å². The van der Waals surface area contributed by atoms with Gasteiger partial charge in [0.05, 0.1) is 0 Å². The number of carbonyl (C=O) groups is 1. The summed E-state index contributed by atoms with van der Waals surface area (Å²) in [5.74, 6) is -0.688. The molecule has 1 aromatic rings. The Bertz CT molecular complexity index is 307. The highest BCUT2D eigenvalue weighted by molar-refractivity contribution is 5.96. The lowest BCUT2D eigenvalue weighted by Gasteiger charge is -1.99. The van der Waals surface area contributed by atoms with Gasteiger partial charge >= 0.3 is 5.91 Å². The van der Waals surface area contributed by atoms with E-state index in [4.69, 9.17) is 0 Å². The first-order chi connectivity index (χ1) is 5.79. The Morgan fingerprint density at radius 2 is 2.08 bits per heavy atom. The summed E-state index contributed by atoms with van der Waals surface area (Å²) in [4.78, 5) is 20.9. The fourth-order valence-electron chi connectivity index (χ4n) is 1.09. The molecule has 1 rings (SSSR count). The van der Waals surface area contributed by atoms with Gasteiger partial charge in [0.1, 0.15) is 0 Å². The maximum Gasteiger partial charge on any atom is 0.317 e. The third-order valence-electron chi connectivity index (χ3n) is 1.71. The Kier molecular flexibility index (Phi) is 2.69. The molecule has 0 radical (unpaired) electrons. The maximum absolute atomic E-state index is 10.9. The van der Waals surface area contributed by atoms with E-state index in [1.165, 1.54) is 0 Å². The lowest BCUT2D eigenvalue weighted by molar-refractivity contribution is 0.1000. The zero-order chi connectivity index (χ0) is 8.97. The normalized spacial score (nSPS) is 9.42. The number of benzene rings is 1. The number of carbonyl (C=O) groups excluding carboxylic acids is 1. The van der Waals surface area contributed by atoms with Gasteiger partial charge in [0.15, 0.2) is 0 Å². The Balaban J connectivity index is 3.13. The van der Waals surface area contributed by atoms with E-state index in [1.807, 2.05) is 19.1 Å². The first kappa shape index (κ1) is 8.59. The number of amides is 1. The minimum absolute atomic E-state index is 0.412. The van der Waals surface area contributed by atoms with E-state index in [1.54, 1.807) is 12.1 Å². The molecule has 62 valence electrons. The highest BCUT2D eigenvalue weighted by atomic mass is 16.3. The van der Waals surface area contributed by atoms with E-state index in [2.05, 4.69) is 5.18 Å². The van der Waals surface area contributed by atoms with Crippen molar-refractivity contribution < 1.29 is 4.79 Å². The average Bonchev–Trinajstić information content (AvgIpc) is 2.16. The van der Waals surface area contributed by atoms with Crippen LogP contribution in [0.2, 0.25) is 0 Å². The van der Waals surface area contributed by atoms with Crippen molar-refractivity contribution in [1.29, 1.82) is 0 Å². The summed E-state index contributed by atoms with van der Waals surface area (Å²) in [6.07, 6.45) is 0.734. The molecule has 3 heteroatoms. The molecule has 0 aromatic heterocycles. The van der Waals surface area contributed by atoms with Crippen LogP contribution in [0.1, 0.15) is 22.8 Å². The molecule has 12 heavy (non-hydrogen) atoms. The van der Waals surface area contributed by atoms with Gasteiger partial charge in [0, 0.05) is 10.7 Å². The molecule has 1 amide bonds. The van der Waals surface area contributed by atoms with Gasteiger partial charge in [-0.3, -0.25) is 4.79 Å². The van der Waals surface area contributed by atoms with Crippen LogP contribution in [-0.4, -0.2) is 5.91 Å². The number of nitroso groups, excluding NO2 is 1. The van der Waals surface area contributed by atoms with Gasteiger partial charge in [-0.2, -0.15) is 0 Å². The van der Waals surface area contributed by atoms with E-state index in [9.17, 15) is 9.70 Å². The Morgan fingerprint density at radius 1 is 1.42 bits per heavy atom. The monoisotopic (exact) mass is 163 g/mol. The van der Waals surface area contributed by atoms with Crippen molar-refractivity contribution in [3.8, 4) is 0 Å². The van der Waals surface area contributed by atoms with E-state index < -0.39 is 5.91 Å². The summed E-state index contributed by atoms with van der Waals surface area (Å²) in [6.45, 7) is 1.93. The Labute approximate surface area is 70.4 Å². The second kappa shape index (κ2) is 3.76. The molecule has 0 fully saturated rings. The molecule has 0 saturated carbocycles. The highest BCUT2D eigenvalue weighted by Crippen LogP contribution is 2.10. The van der Waals surface area contributed by atoms with Gasteiger partial charge in [-0.05, 0) is 18.1 Å². The molecular formula is C9H9NO2. The van der Waals surface area contributed by atoms with Crippen molar-refractivity contribution in [3.63, 3.8) is 0 Å². The van der Waals surface area contributed by atoms with Crippen LogP contribution in [0.25, 0.3) is 0 Å². The van der Waals surface area contributed by atoms with Crippen LogP contribution in [0.5, 0.6) is 0 Å². The van der Waals surface area contributed by atoms with Gasteiger partial charge < -0.3 is 0 Å². The topological polar surface area (TPSA) is 46.5 Å². The SMILES string of the molecule is CCc1ccccc1C(=O)N=O. The Morgan fingerprint density at radius 3 is 2.67 bits per heavy atom. The molecule has 0 N–H and O–H groups in total. The highest BCUT2D eigenvalue weighted by Gasteiger charge is 2.08. The number of nitrogens with zero attached hydrogens (tertiary/aromatic N) is 1. The zero-order valence-electron chi connectivity index (χ0n) is 6.78. The number of hydrogen-bond donors (Lipinski definition) is 0. The van der Waals surface area contributed by atoms with Gasteiger partial charge in [-0.1, -0.05) is 25.1 Å². The Hall–Kier alpha value is -1.51. The fraction of sp³-hybridized carbons (Fsp3) is 0.222. The summed E-state index contributed by atoms with van der Waals surface area (Å²) in [5, 5.41) is 2.38. The smallest absolute Gasteiger partial charge is 0.263 e. The standard InChI is InChI=1S/C9H9NO2/c1-2-7-5-3-4-6-8(7)9(11)10-12/h3-6H,2H2,1H3. The molecule has 0 unspecified atom stereocenters. The molecule has 0 aliphatic rings. The summed E-state index contributed by atoms with van der Waals surface area (Å²) >= 11 is 0. The third kappa shape index (κ3) is 1.56. The molecule has 0 spiro atoms. The molecule has 0 saturated heterocycles. The second-order valence-electron chi connectivity index (χ2n) is 2.41.